The summed E-state index contributed by atoms with van der Waals surface area (Å²) in [7, 11) is 0. The molecule has 0 aliphatic carbocycles. The van der Waals surface area contributed by atoms with Crippen LogP contribution in [0.3, 0.4) is 0 Å². The van der Waals surface area contributed by atoms with Crippen LogP contribution in [0.1, 0.15) is 43.4 Å². The summed E-state index contributed by atoms with van der Waals surface area (Å²) in [5.41, 5.74) is 5.80. The van der Waals surface area contributed by atoms with Crippen molar-refractivity contribution in [2.75, 3.05) is 18.0 Å². The maximum Gasteiger partial charge on any atom is 0.408 e. The van der Waals surface area contributed by atoms with E-state index in [1.165, 1.54) is 35.5 Å². The number of rotatable bonds is 5. The lowest BCUT2D eigenvalue weighted by Gasteiger charge is -2.22. The van der Waals surface area contributed by atoms with Crippen molar-refractivity contribution in [1.29, 1.82) is 5.26 Å². The second kappa shape index (κ2) is 11.0. The molecule has 2 aromatic rings. The lowest BCUT2D eigenvalue weighted by Crippen LogP contribution is -2.47. The van der Waals surface area contributed by atoms with Gasteiger partial charge in [-0.05, 0) is 56.5 Å². The minimum Gasteiger partial charge on any atom is -0.444 e. The van der Waals surface area contributed by atoms with Crippen molar-refractivity contribution in [3.63, 3.8) is 0 Å². The molecular weight excluding hydrogens is 420 g/mol. The zero-order valence-electron chi connectivity index (χ0n) is 17.5. The number of alkyl carbamates (subject to hydrolysis) is 1. The highest BCUT2D eigenvalue weighted by Gasteiger charge is 2.23. The third kappa shape index (κ3) is 7.69. The highest BCUT2D eigenvalue weighted by Crippen LogP contribution is 2.28. The average Bonchev–Trinajstić information content (AvgIpc) is 3.41. The van der Waals surface area contributed by atoms with Crippen molar-refractivity contribution in [2.45, 2.75) is 51.7 Å². The fourth-order valence-electron chi connectivity index (χ4n) is 2.90. The first-order chi connectivity index (χ1) is 14.2. The summed E-state index contributed by atoms with van der Waals surface area (Å²) >= 11 is 3.04. The number of nitrogens with one attached hydrogen (secondary N) is 1. The molecule has 0 saturated carbocycles. The number of amides is 2. The summed E-state index contributed by atoms with van der Waals surface area (Å²) in [6.07, 6.45) is 2.27. The maximum absolute atomic E-state index is 11.6. The molecule has 30 heavy (non-hydrogen) atoms. The molecule has 3 N–H and O–H groups in total. The van der Waals surface area contributed by atoms with Crippen LogP contribution in [0.25, 0.3) is 0 Å². The number of primary amides is 1. The molecule has 0 radical (unpaired) electrons. The summed E-state index contributed by atoms with van der Waals surface area (Å²) in [4.78, 5) is 27.0. The third-order valence-electron chi connectivity index (χ3n) is 4.21. The van der Waals surface area contributed by atoms with E-state index in [0.29, 0.717) is 6.42 Å². The number of nitriles is 1. The van der Waals surface area contributed by atoms with Gasteiger partial charge in [-0.2, -0.15) is 5.26 Å². The van der Waals surface area contributed by atoms with Gasteiger partial charge >= 0.3 is 6.09 Å². The van der Waals surface area contributed by atoms with E-state index in [2.05, 4.69) is 22.4 Å². The Morgan fingerprint density at radius 1 is 1.27 bits per heavy atom. The van der Waals surface area contributed by atoms with Crippen molar-refractivity contribution in [3.05, 3.63) is 38.7 Å². The van der Waals surface area contributed by atoms with Gasteiger partial charge in [0, 0.05) is 24.4 Å². The molecule has 2 amide bonds. The SMILES string of the molecule is CC(C)(C)OC(=O)N[C@@H](Cc1cccs1)C(N)=O.N#Cc1sccc1N1CCCC1. The first-order valence-electron chi connectivity index (χ1n) is 9.73. The maximum atomic E-state index is 11.6. The second-order valence-corrected chi connectivity index (χ2v) is 9.77. The van der Waals surface area contributed by atoms with Gasteiger partial charge in [-0.3, -0.25) is 4.79 Å². The van der Waals surface area contributed by atoms with E-state index in [-0.39, 0.29) is 0 Å². The quantitative estimate of drug-likeness (QED) is 0.721. The van der Waals surface area contributed by atoms with Gasteiger partial charge in [-0.25, -0.2) is 4.79 Å². The predicted octanol–water partition coefficient (Wildman–Crippen LogP) is 3.89. The number of nitrogens with zero attached hydrogens (tertiary/aromatic N) is 2. The molecule has 162 valence electrons. The van der Waals surface area contributed by atoms with Crippen LogP contribution in [0.2, 0.25) is 0 Å². The van der Waals surface area contributed by atoms with Crippen molar-refractivity contribution in [1.82, 2.24) is 5.32 Å². The van der Waals surface area contributed by atoms with Gasteiger partial charge < -0.3 is 20.7 Å². The first-order valence-corrected chi connectivity index (χ1v) is 11.5. The van der Waals surface area contributed by atoms with Crippen LogP contribution in [0.5, 0.6) is 0 Å². The summed E-state index contributed by atoms with van der Waals surface area (Å²) in [5, 5.41) is 15.2. The molecule has 1 aliphatic heterocycles. The number of ether oxygens (including phenoxy) is 1. The van der Waals surface area contributed by atoms with Crippen molar-refractivity contribution in [2.24, 2.45) is 5.73 Å². The molecule has 0 aromatic carbocycles. The highest BCUT2D eigenvalue weighted by atomic mass is 32.1. The smallest absolute Gasteiger partial charge is 0.408 e. The summed E-state index contributed by atoms with van der Waals surface area (Å²) in [6.45, 7) is 7.50. The minimum absolute atomic E-state index is 0.381. The molecule has 3 heterocycles. The summed E-state index contributed by atoms with van der Waals surface area (Å²) < 4.78 is 5.08. The Bertz CT molecular complexity index is 860. The van der Waals surface area contributed by atoms with E-state index in [0.717, 1.165) is 28.5 Å². The Kier molecular flexibility index (Phi) is 8.69. The van der Waals surface area contributed by atoms with Crippen molar-refractivity contribution < 1.29 is 14.3 Å². The Balaban J connectivity index is 0.000000230. The molecule has 7 nitrogen and oxygen atoms in total. The molecule has 1 saturated heterocycles. The minimum atomic E-state index is -0.751. The Morgan fingerprint density at radius 3 is 2.50 bits per heavy atom. The van der Waals surface area contributed by atoms with Crippen LogP contribution in [0, 0.1) is 11.3 Å². The number of hydrogen-bond donors (Lipinski definition) is 2. The molecule has 9 heteroatoms. The standard InChI is InChI=1S/C12H18N2O3S.C9H10N2S/c1-12(2,3)17-11(16)14-9(10(13)15)7-8-5-4-6-18-8;10-7-9-8(3-6-12-9)11-4-1-2-5-11/h4-6,9H,7H2,1-3H3,(H2,13,15)(H,14,16);3,6H,1-2,4-5H2/t9-;/m0./s1. The molecule has 0 spiro atoms. The number of thiophene rings is 2. The molecule has 3 rings (SSSR count). The topological polar surface area (TPSA) is 108 Å². The summed E-state index contributed by atoms with van der Waals surface area (Å²) in [6, 6.07) is 7.29. The van der Waals surface area contributed by atoms with E-state index in [9.17, 15) is 9.59 Å². The van der Waals surface area contributed by atoms with Crippen LogP contribution in [-0.4, -0.2) is 36.7 Å². The average molecular weight is 449 g/mol. The van der Waals surface area contributed by atoms with Crippen LogP contribution >= 0.6 is 22.7 Å². The number of hydrogen-bond acceptors (Lipinski definition) is 7. The van der Waals surface area contributed by atoms with Gasteiger partial charge in [0.1, 0.15) is 22.6 Å². The first kappa shape index (κ1) is 23.7. The fourth-order valence-corrected chi connectivity index (χ4v) is 4.35. The molecule has 1 fully saturated rings. The third-order valence-corrected chi connectivity index (χ3v) is 5.92. The van der Waals surface area contributed by atoms with Gasteiger partial charge in [0.15, 0.2) is 0 Å². The van der Waals surface area contributed by atoms with Crippen LogP contribution in [-0.2, 0) is 16.0 Å². The molecular formula is C21H28N4O3S2. The number of nitrogens with two attached hydrogens (primary N) is 1. The molecule has 1 atom stereocenters. The lowest BCUT2D eigenvalue weighted by atomic mass is 10.1. The monoisotopic (exact) mass is 448 g/mol. The van der Waals surface area contributed by atoms with Gasteiger partial charge in [-0.1, -0.05) is 6.07 Å². The zero-order chi connectivity index (χ0) is 22.1. The molecule has 2 aromatic heterocycles. The number of carbonyl (C=O) groups is 2. The van der Waals surface area contributed by atoms with Crippen LogP contribution < -0.4 is 16.0 Å². The second-order valence-electron chi connectivity index (χ2n) is 7.83. The van der Waals surface area contributed by atoms with E-state index >= 15 is 0 Å². The summed E-state index contributed by atoms with van der Waals surface area (Å²) in [5.74, 6) is -0.575. The van der Waals surface area contributed by atoms with E-state index in [1.54, 1.807) is 20.8 Å². The fraction of sp³-hybridized carbons (Fsp3) is 0.476. The molecule has 0 bridgehead atoms. The van der Waals surface area contributed by atoms with Crippen molar-refractivity contribution >= 4 is 40.4 Å². The predicted molar refractivity (Wildman–Crippen MR) is 121 cm³/mol. The van der Waals surface area contributed by atoms with Gasteiger partial charge in [0.25, 0.3) is 0 Å². The van der Waals surface area contributed by atoms with Gasteiger partial charge in [-0.15, -0.1) is 22.7 Å². The van der Waals surface area contributed by atoms with Gasteiger partial charge in [0.2, 0.25) is 5.91 Å². The Hall–Kier alpha value is -2.57. The van der Waals surface area contributed by atoms with E-state index in [1.807, 2.05) is 22.9 Å². The number of anilines is 1. The normalized spacial score (nSPS) is 14.3. The molecule has 1 aliphatic rings. The van der Waals surface area contributed by atoms with Crippen LogP contribution in [0.4, 0.5) is 10.5 Å². The Labute approximate surface area is 185 Å². The van der Waals surface area contributed by atoms with E-state index in [4.69, 9.17) is 15.7 Å². The largest absolute Gasteiger partial charge is 0.444 e. The zero-order valence-corrected chi connectivity index (χ0v) is 19.1. The van der Waals surface area contributed by atoms with Crippen LogP contribution in [0.15, 0.2) is 29.0 Å². The molecule has 0 unspecified atom stereocenters. The van der Waals surface area contributed by atoms with E-state index < -0.39 is 23.6 Å². The Morgan fingerprint density at radius 2 is 1.97 bits per heavy atom. The highest BCUT2D eigenvalue weighted by molar-refractivity contribution is 7.11. The number of carbonyl (C=O) groups excluding carboxylic acids is 2. The van der Waals surface area contributed by atoms with Crippen molar-refractivity contribution in [3.8, 4) is 6.07 Å². The lowest BCUT2D eigenvalue weighted by molar-refractivity contribution is -0.120. The van der Waals surface area contributed by atoms with Gasteiger partial charge in [0.05, 0.1) is 5.69 Å².